The molecule has 1 aromatic heterocycles. The molecule has 1 aliphatic heterocycles. The lowest BCUT2D eigenvalue weighted by Crippen LogP contribution is -2.41. The fraction of sp³-hybridized carbons (Fsp3) is 0.280. The minimum Gasteiger partial charge on any atom is -0.465 e. The Morgan fingerprint density at radius 1 is 1.03 bits per heavy atom. The van der Waals surface area contributed by atoms with Crippen molar-refractivity contribution in [2.75, 3.05) is 25.5 Å². The third-order valence-electron chi connectivity index (χ3n) is 5.70. The molecule has 1 N–H and O–H groups in total. The van der Waals surface area contributed by atoms with E-state index in [4.69, 9.17) is 4.74 Å². The lowest BCUT2D eigenvalue weighted by Gasteiger charge is -2.32. The minimum absolute atomic E-state index is 0.0227. The van der Waals surface area contributed by atoms with Gasteiger partial charge in [0.15, 0.2) is 0 Å². The molecule has 0 bridgehead atoms. The van der Waals surface area contributed by atoms with Crippen LogP contribution in [0.5, 0.6) is 0 Å². The molecule has 1 saturated heterocycles. The largest absolute Gasteiger partial charge is 0.465 e. The molecular weight excluding hydrogens is 408 g/mol. The SMILES string of the molecule is COC(=O)c1cc(-c2cccc(CC3CCN(C(=O)Nc4ccccc4)CC3)c2)cs1. The van der Waals surface area contributed by atoms with E-state index < -0.39 is 0 Å². The van der Waals surface area contributed by atoms with Crippen molar-refractivity contribution < 1.29 is 14.3 Å². The number of carbonyl (C=O) groups is 2. The first-order valence-electron chi connectivity index (χ1n) is 10.5. The number of amides is 2. The van der Waals surface area contributed by atoms with E-state index in [0.29, 0.717) is 10.8 Å². The Morgan fingerprint density at radius 3 is 2.55 bits per heavy atom. The molecule has 31 heavy (non-hydrogen) atoms. The normalized spacial score (nSPS) is 14.3. The summed E-state index contributed by atoms with van der Waals surface area (Å²) in [6.45, 7) is 1.55. The number of nitrogens with zero attached hydrogens (tertiary/aromatic N) is 1. The van der Waals surface area contributed by atoms with Gasteiger partial charge in [-0.1, -0.05) is 42.5 Å². The number of esters is 1. The Labute approximate surface area is 186 Å². The van der Waals surface area contributed by atoms with Crippen LogP contribution in [0.25, 0.3) is 11.1 Å². The van der Waals surface area contributed by atoms with Crippen LogP contribution >= 0.6 is 11.3 Å². The van der Waals surface area contributed by atoms with Gasteiger partial charge in [0.1, 0.15) is 4.88 Å². The highest BCUT2D eigenvalue weighted by Gasteiger charge is 2.23. The third kappa shape index (κ3) is 5.33. The molecule has 0 aliphatic carbocycles. The van der Waals surface area contributed by atoms with Crippen LogP contribution in [0.15, 0.2) is 66.0 Å². The van der Waals surface area contributed by atoms with E-state index >= 15 is 0 Å². The second-order valence-corrected chi connectivity index (χ2v) is 8.73. The van der Waals surface area contributed by atoms with Crippen LogP contribution < -0.4 is 5.32 Å². The number of benzene rings is 2. The van der Waals surface area contributed by atoms with Gasteiger partial charge in [0, 0.05) is 18.8 Å². The molecule has 0 unspecified atom stereocenters. The highest BCUT2D eigenvalue weighted by atomic mass is 32.1. The quantitative estimate of drug-likeness (QED) is 0.525. The van der Waals surface area contributed by atoms with Crippen LogP contribution in [0.3, 0.4) is 0 Å². The predicted molar refractivity (Wildman–Crippen MR) is 125 cm³/mol. The molecule has 6 heteroatoms. The maximum atomic E-state index is 12.5. The lowest BCUT2D eigenvalue weighted by molar-refractivity contribution is 0.0606. The van der Waals surface area contributed by atoms with E-state index in [0.717, 1.165) is 49.2 Å². The van der Waals surface area contributed by atoms with Gasteiger partial charge in [0.05, 0.1) is 7.11 Å². The predicted octanol–water partition coefficient (Wildman–Crippen LogP) is 5.69. The van der Waals surface area contributed by atoms with E-state index in [9.17, 15) is 9.59 Å². The molecule has 1 fully saturated rings. The Kier molecular flexibility index (Phi) is 6.67. The number of carbonyl (C=O) groups excluding carboxylic acids is 2. The smallest absolute Gasteiger partial charge is 0.348 e. The number of thiophene rings is 1. The van der Waals surface area contributed by atoms with Crippen molar-refractivity contribution in [1.29, 1.82) is 0 Å². The first-order chi connectivity index (χ1) is 15.1. The first-order valence-corrected chi connectivity index (χ1v) is 11.4. The van der Waals surface area contributed by atoms with Crippen LogP contribution in [0, 0.1) is 5.92 Å². The summed E-state index contributed by atoms with van der Waals surface area (Å²) in [5.74, 6) is 0.264. The summed E-state index contributed by atoms with van der Waals surface area (Å²) >= 11 is 1.40. The van der Waals surface area contributed by atoms with Crippen LogP contribution in [-0.2, 0) is 11.2 Å². The average molecular weight is 435 g/mol. The molecule has 3 aromatic rings. The number of hydrogen-bond acceptors (Lipinski definition) is 4. The van der Waals surface area contributed by atoms with Crippen LogP contribution in [0.1, 0.15) is 28.1 Å². The van der Waals surface area contributed by atoms with Gasteiger partial charge < -0.3 is 15.0 Å². The van der Waals surface area contributed by atoms with Gasteiger partial charge in [-0.05, 0) is 65.4 Å². The van der Waals surface area contributed by atoms with Crippen molar-refractivity contribution in [2.24, 2.45) is 5.92 Å². The number of para-hydroxylation sites is 1. The molecule has 2 heterocycles. The van der Waals surface area contributed by atoms with Gasteiger partial charge in [0.2, 0.25) is 0 Å². The van der Waals surface area contributed by atoms with Gasteiger partial charge in [-0.25, -0.2) is 9.59 Å². The molecule has 2 amide bonds. The molecule has 2 aromatic carbocycles. The summed E-state index contributed by atoms with van der Waals surface area (Å²) in [7, 11) is 1.40. The maximum Gasteiger partial charge on any atom is 0.348 e. The van der Waals surface area contributed by atoms with Crippen molar-refractivity contribution in [3.63, 3.8) is 0 Å². The molecular formula is C25H26N2O3S. The summed E-state index contributed by atoms with van der Waals surface area (Å²) in [5.41, 5.74) is 4.27. The van der Waals surface area contributed by atoms with Crippen LogP contribution in [0.4, 0.5) is 10.5 Å². The molecule has 1 aliphatic rings. The van der Waals surface area contributed by atoms with E-state index in [-0.39, 0.29) is 12.0 Å². The van der Waals surface area contributed by atoms with E-state index in [2.05, 4.69) is 29.6 Å². The van der Waals surface area contributed by atoms with E-state index in [1.165, 1.54) is 24.0 Å². The zero-order valence-electron chi connectivity index (χ0n) is 17.5. The molecule has 5 nitrogen and oxygen atoms in total. The number of piperidine rings is 1. The summed E-state index contributed by atoms with van der Waals surface area (Å²) in [6.07, 6.45) is 2.99. The fourth-order valence-electron chi connectivity index (χ4n) is 3.97. The summed E-state index contributed by atoms with van der Waals surface area (Å²) in [6, 6.07) is 20.0. The molecule has 0 saturated carbocycles. The highest BCUT2D eigenvalue weighted by Crippen LogP contribution is 2.29. The van der Waals surface area contributed by atoms with Crippen molar-refractivity contribution in [3.05, 3.63) is 76.5 Å². The van der Waals surface area contributed by atoms with Crippen LogP contribution in [-0.4, -0.2) is 37.1 Å². The van der Waals surface area contributed by atoms with Gasteiger partial charge in [-0.2, -0.15) is 0 Å². The first kappa shape index (κ1) is 21.1. The van der Waals surface area contributed by atoms with Gasteiger partial charge in [-0.3, -0.25) is 0 Å². The zero-order chi connectivity index (χ0) is 21.6. The molecule has 0 radical (unpaired) electrons. The molecule has 0 atom stereocenters. The Balaban J connectivity index is 1.32. The van der Waals surface area contributed by atoms with Gasteiger partial charge >= 0.3 is 12.0 Å². The Bertz CT molecular complexity index is 1040. The Morgan fingerprint density at radius 2 is 1.81 bits per heavy atom. The topological polar surface area (TPSA) is 58.6 Å². The zero-order valence-corrected chi connectivity index (χ0v) is 18.4. The van der Waals surface area contributed by atoms with Crippen molar-refractivity contribution in [2.45, 2.75) is 19.3 Å². The third-order valence-corrected chi connectivity index (χ3v) is 6.61. The average Bonchev–Trinajstić information content (AvgIpc) is 3.30. The number of ether oxygens (including phenoxy) is 1. The minimum atomic E-state index is -0.296. The van der Waals surface area contributed by atoms with Gasteiger partial charge in [-0.15, -0.1) is 11.3 Å². The standard InChI is InChI=1S/C25H26N2O3S/c1-30-24(28)23-16-21(17-31-23)20-7-5-6-19(15-20)14-18-10-12-27(13-11-18)25(29)26-22-8-3-2-4-9-22/h2-9,15-18H,10-14H2,1H3,(H,26,29). The van der Waals surface area contributed by atoms with E-state index in [1.807, 2.05) is 46.7 Å². The van der Waals surface area contributed by atoms with Crippen molar-refractivity contribution >= 4 is 29.0 Å². The number of rotatable bonds is 5. The Hall–Kier alpha value is -3.12. The van der Waals surface area contributed by atoms with Crippen molar-refractivity contribution in [1.82, 2.24) is 4.90 Å². The summed E-state index contributed by atoms with van der Waals surface area (Å²) < 4.78 is 4.81. The summed E-state index contributed by atoms with van der Waals surface area (Å²) in [4.78, 5) is 26.7. The van der Waals surface area contributed by atoms with Crippen molar-refractivity contribution in [3.8, 4) is 11.1 Å². The number of nitrogens with one attached hydrogen (secondary N) is 1. The lowest BCUT2D eigenvalue weighted by atomic mass is 9.89. The second-order valence-electron chi connectivity index (χ2n) is 7.82. The number of likely N-dealkylation sites (tertiary alicyclic amines) is 1. The summed E-state index contributed by atoms with van der Waals surface area (Å²) in [5, 5.41) is 4.97. The molecule has 4 rings (SSSR count). The fourth-order valence-corrected chi connectivity index (χ4v) is 4.80. The number of methoxy groups -OCH3 is 1. The second kappa shape index (κ2) is 9.79. The van der Waals surface area contributed by atoms with Crippen LogP contribution in [0.2, 0.25) is 0 Å². The molecule has 0 spiro atoms. The highest BCUT2D eigenvalue weighted by molar-refractivity contribution is 7.12. The molecule has 160 valence electrons. The van der Waals surface area contributed by atoms with Gasteiger partial charge in [0.25, 0.3) is 0 Å². The van der Waals surface area contributed by atoms with E-state index in [1.54, 1.807) is 0 Å². The number of urea groups is 1. The maximum absolute atomic E-state index is 12.5. The number of hydrogen-bond donors (Lipinski definition) is 1. The monoisotopic (exact) mass is 434 g/mol. The number of anilines is 1.